The molecular formula is C8H8F2N2. The molecule has 0 bridgehead atoms. The van der Waals surface area contributed by atoms with Gasteiger partial charge in [-0.3, -0.25) is 4.98 Å². The maximum atomic E-state index is 12.9. The van der Waals surface area contributed by atoms with Crippen LogP contribution in [0.5, 0.6) is 0 Å². The Labute approximate surface area is 68.7 Å². The van der Waals surface area contributed by atoms with Gasteiger partial charge in [-0.05, 0) is 0 Å². The highest BCUT2D eigenvalue weighted by atomic mass is 19.1. The summed E-state index contributed by atoms with van der Waals surface area (Å²) in [5, 5.41) is 0. The lowest BCUT2D eigenvalue weighted by atomic mass is 10.2. The Morgan fingerprint density at radius 2 is 2.25 bits per heavy atom. The zero-order valence-electron chi connectivity index (χ0n) is 6.30. The summed E-state index contributed by atoms with van der Waals surface area (Å²) in [4.78, 5) is 3.50. The summed E-state index contributed by atoms with van der Waals surface area (Å²) in [7, 11) is 0. The summed E-state index contributed by atoms with van der Waals surface area (Å²) in [6, 6.07) is 0.0525. The third kappa shape index (κ3) is 1.65. The predicted molar refractivity (Wildman–Crippen MR) is 41.3 cm³/mol. The molecule has 0 amide bonds. The third-order valence-electron chi connectivity index (χ3n) is 1.41. The zero-order valence-corrected chi connectivity index (χ0v) is 6.30. The van der Waals surface area contributed by atoms with Crippen molar-refractivity contribution in [3.63, 3.8) is 0 Å². The van der Waals surface area contributed by atoms with E-state index in [9.17, 15) is 8.78 Å². The van der Waals surface area contributed by atoms with E-state index in [0.29, 0.717) is 0 Å². The SMILES string of the molecule is C=C[C@H](N)c1ncc(F)cc1F. The van der Waals surface area contributed by atoms with Crippen LogP contribution in [-0.4, -0.2) is 4.98 Å². The Kier molecular flexibility index (Phi) is 2.50. The lowest BCUT2D eigenvalue weighted by molar-refractivity contribution is 0.552. The average molecular weight is 170 g/mol. The minimum atomic E-state index is -0.748. The van der Waals surface area contributed by atoms with Gasteiger partial charge in [-0.2, -0.15) is 0 Å². The van der Waals surface area contributed by atoms with Gasteiger partial charge in [-0.15, -0.1) is 6.58 Å². The molecule has 64 valence electrons. The zero-order chi connectivity index (χ0) is 9.14. The largest absolute Gasteiger partial charge is 0.319 e. The number of halogens is 2. The van der Waals surface area contributed by atoms with Crippen molar-refractivity contribution >= 4 is 0 Å². The normalized spacial score (nSPS) is 12.6. The maximum Gasteiger partial charge on any atom is 0.149 e. The Bertz CT molecular complexity index is 299. The minimum Gasteiger partial charge on any atom is -0.319 e. The molecule has 0 unspecified atom stereocenters. The molecule has 0 radical (unpaired) electrons. The van der Waals surface area contributed by atoms with Crippen molar-refractivity contribution in [1.82, 2.24) is 4.98 Å². The number of hydrogen-bond donors (Lipinski definition) is 1. The van der Waals surface area contributed by atoms with Crippen LogP contribution in [0.1, 0.15) is 11.7 Å². The molecule has 0 aliphatic rings. The van der Waals surface area contributed by atoms with Crippen LogP contribution in [-0.2, 0) is 0 Å². The van der Waals surface area contributed by atoms with E-state index in [1.54, 1.807) is 0 Å². The second-order valence-electron chi connectivity index (χ2n) is 2.28. The Morgan fingerprint density at radius 3 is 2.75 bits per heavy atom. The molecule has 4 heteroatoms. The number of aromatic nitrogens is 1. The van der Waals surface area contributed by atoms with Crippen LogP contribution < -0.4 is 5.73 Å². The molecular weight excluding hydrogens is 162 g/mol. The van der Waals surface area contributed by atoms with Gasteiger partial charge in [0.1, 0.15) is 11.6 Å². The molecule has 2 nitrogen and oxygen atoms in total. The van der Waals surface area contributed by atoms with Gasteiger partial charge in [0.2, 0.25) is 0 Å². The first kappa shape index (κ1) is 8.80. The first-order valence-corrected chi connectivity index (χ1v) is 3.34. The number of hydrogen-bond acceptors (Lipinski definition) is 2. The van der Waals surface area contributed by atoms with Crippen LogP contribution in [0.25, 0.3) is 0 Å². The average Bonchev–Trinajstić information content (AvgIpc) is 2.03. The van der Waals surface area contributed by atoms with Gasteiger partial charge in [0.05, 0.1) is 17.9 Å². The van der Waals surface area contributed by atoms with E-state index in [1.807, 2.05) is 0 Å². The van der Waals surface area contributed by atoms with Crippen LogP contribution in [0.3, 0.4) is 0 Å². The van der Waals surface area contributed by atoms with Gasteiger partial charge in [0, 0.05) is 6.07 Å². The topological polar surface area (TPSA) is 38.9 Å². The van der Waals surface area contributed by atoms with Crippen LogP contribution in [0.15, 0.2) is 24.9 Å². The molecule has 12 heavy (non-hydrogen) atoms. The number of rotatable bonds is 2. The van der Waals surface area contributed by atoms with Gasteiger partial charge in [-0.25, -0.2) is 8.78 Å². The van der Waals surface area contributed by atoms with Crippen molar-refractivity contribution in [3.05, 3.63) is 42.2 Å². The molecule has 1 aromatic heterocycles. The fourth-order valence-electron chi connectivity index (χ4n) is 0.782. The van der Waals surface area contributed by atoms with Crippen molar-refractivity contribution in [2.24, 2.45) is 5.73 Å². The van der Waals surface area contributed by atoms with Crippen LogP contribution in [0, 0.1) is 11.6 Å². The highest BCUT2D eigenvalue weighted by Gasteiger charge is 2.09. The van der Waals surface area contributed by atoms with Gasteiger partial charge >= 0.3 is 0 Å². The molecule has 1 aromatic rings. The molecule has 2 N–H and O–H groups in total. The summed E-state index contributed by atoms with van der Waals surface area (Å²) < 4.78 is 25.2. The Hall–Kier alpha value is -1.29. The molecule has 0 fully saturated rings. The second-order valence-corrected chi connectivity index (χ2v) is 2.28. The first-order chi connectivity index (χ1) is 5.65. The van der Waals surface area contributed by atoms with E-state index in [1.165, 1.54) is 6.08 Å². The summed E-state index contributed by atoms with van der Waals surface area (Å²) in [5.74, 6) is -1.46. The summed E-state index contributed by atoms with van der Waals surface area (Å²) in [6.45, 7) is 3.38. The van der Waals surface area contributed by atoms with Crippen molar-refractivity contribution in [2.45, 2.75) is 6.04 Å². The fraction of sp³-hybridized carbons (Fsp3) is 0.125. The smallest absolute Gasteiger partial charge is 0.149 e. The van der Waals surface area contributed by atoms with E-state index in [2.05, 4.69) is 11.6 Å². The molecule has 0 spiro atoms. The van der Waals surface area contributed by atoms with E-state index < -0.39 is 17.7 Å². The quantitative estimate of drug-likeness (QED) is 0.684. The number of nitrogens with zero attached hydrogens (tertiary/aromatic N) is 1. The van der Waals surface area contributed by atoms with Gasteiger partial charge in [-0.1, -0.05) is 6.08 Å². The van der Waals surface area contributed by atoms with Gasteiger partial charge in [0.15, 0.2) is 0 Å². The van der Waals surface area contributed by atoms with Crippen molar-refractivity contribution in [2.75, 3.05) is 0 Å². The monoisotopic (exact) mass is 170 g/mol. The summed E-state index contributed by atoms with van der Waals surface area (Å²) >= 11 is 0. The van der Waals surface area contributed by atoms with E-state index in [-0.39, 0.29) is 5.69 Å². The van der Waals surface area contributed by atoms with Crippen LogP contribution in [0.4, 0.5) is 8.78 Å². The molecule has 0 saturated carbocycles. The van der Waals surface area contributed by atoms with E-state index in [4.69, 9.17) is 5.73 Å². The lowest BCUT2D eigenvalue weighted by Crippen LogP contribution is -2.11. The third-order valence-corrected chi connectivity index (χ3v) is 1.41. The summed E-state index contributed by atoms with van der Waals surface area (Å²) in [5.41, 5.74) is 5.41. The van der Waals surface area contributed by atoms with E-state index >= 15 is 0 Å². The van der Waals surface area contributed by atoms with Gasteiger partial charge < -0.3 is 5.73 Å². The fourth-order valence-corrected chi connectivity index (χ4v) is 0.782. The maximum absolute atomic E-state index is 12.9. The minimum absolute atomic E-state index is 0.00593. The first-order valence-electron chi connectivity index (χ1n) is 3.34. The second kappa shape index (κ2) is 3.40. The standard InChI is InChI=1S/C8H8F2N2/c1-2-7(11)8-6(10)3-5(9)4-12-8/h2-4,7H,1,11H2/t7-/m0/s1. The Balaban J connectivity index is 3.09. The van der Waals surface area contributed by atoms with Gasteiger partial charge in [0.25, 0.3) is 0 Å². The van der Waals surface area contributed by atoms with Crippen LogP contribution in [0.2, 0.25) is 0 Å². The highest BCUT2D eigenvalue weighted by molar-refractivity contribution is 5.15. The molecule has 0 aliphatic carbocycles. The van der Waals surface area contributed by atoms with Crippen molar-refractivity contribution in [1.29, 1.82) is 0 Å². The number of nitrogens with two attached hydrogens (primary N) is 1. The molecule has 0 aromatic carbocycles. The molecule has 1 rings (SSSR count). The molecule has 1 atom stereocenters. The molecule has 0 aliphatic heterocycles. The van der Waals surface area contributed by atoms with Crippen molar-refractivity contribution < 1.29 is 8.78 Å². The predicted octanol–water partition coefficient (Wildman–Crippen LogP) is 1.55. The lowest BCUT2D eigenvalue weighted by Gasteiger charge is -2.05. The van der Waals surface area contributed by atoms with Crippen molar-refractivity contribution in [3.8, 4) is 0 Å². The molecule has 1 heterocycles. The summed E-state index contributed by atoms with van der Waals surface area (Å²) in [6.07, 6.45) is 2.26. The van der Waals surface area contributed by atoms with Crippen LogP contribution >= 0.6 is 0 Å². The molecule has 0 saturated heterocycles. The number of pyridine rings is 1. The van der Waals surface area contributed by atoms with E-state index in [0.717, 1.165) is 12.3 Å². The highest BCUT2D eigenvalue weighted by Crippen LogP contribution is 2.13. The Morgan fingerprint density at radius 1 is 1.58 bits per heavy atom.